The van der Waals surface area contributed by atoms with Crippen molar-refractivity contribution in [2.45, 2.75) is 6.42 Å². The average Bonchev–Trinajstić information content (AvgIpc) is 2.30. The summed E-state index contributed by atoms with van der Waals surface area (Å²) in [6, 6.07) is 4.09. The minimum atomic E-state index is -0.498. The summed E-state index contributed by atoms with van der Waals surface area (Å²) in [5, 5.41) is 2.64. The lowest BCUT2D eigenvalue weighted by Crippen LogP contribution is -2.14. The average molecular weight is 277 g/mol. The van der Waals surface area contributed by atoms with E-state index in [2.05, 4.69) is 5.32 Å². The van der Waals surface area contributed by atoms with E-state index in [1.165, 1.54) is 30.0 Å². The molecular formula is C11H14ClFN2OS. The monoisotopic (exact) mass is 276 g/mol. The van der Waals surface area contributed by atoms with Gasteiger partial charge in [-0.2, -0.15) is 11.8 Å². The molecule has 1 rings (SSSR count). The summed E-state index contributed by atoms with van der Waals surface area (Å²) < 4.78 is 12.9. The van der Waals surface area contributed by atoms with Crippen LogP contribution in [0.5, 0.6) is 0 Å². The third kappa shape index (κ3) is 5.39. The summed E-state index contributed by atoms with van der Waals surface area (Å²) in [5.41, 5.74) is 5.84. The minimum absolute atomic E-state index is 0.00131. The largest absolute Gasteiger partial charge is 0.330 e. The lowest BCUT2D eigenvalue weighted by Gasteiger charge is -2.05. The van der Waals surface area contributed by atoms with Crippen LogP contribution >= 0.6 is 23.4 Å². The molecule has 0 fully saturated rings. The molecule has 0 aliphatic carbocycles. The first-order chi connectivity index (χ1) is 8.13. The van der Waals surface area contributed by atoms with Gasteiger partial charge in [0, 0.05) is 5.69 Å². The second-order valence-corrected chi connectivity index (χ2v) is 4.88. The number of nitrogens with two attached hydrogens (primary N) is 1. The molecule has 1 amide bonds. The highest BCUT2D eigenvalue weighted by atomic mass is 35.5. The molecule has 0 aliphatic rings. The predicted octanol–water partition coefficient (Wildman–Crippen LogP) is 2.50. The first-order valence-corrected chi connectivity index (χ1v) is 6.69. The molecule has 3 nitrogen and oxygen atoms in total. The second kappa shape index (κ2) is 7.53. The Morgan fingerprint density at radius 2 is 2.29 bits per heavy atom. The van der Waals surface area contributed by atoms with E-state index in [-0.39, 0.29) is 10.9 Å². The van der Waals surface area contributed by atoms with Gasteiger partial charge in [0.15, 0.2) is 0 Å². The lowest BCUT2D eigenvalue weighted by molar-refractivity contribution is -0.113. The summed E-state index contributed by atoms with van der Waals surface area (Å²) in [6.45, 7) is 0.627. The number of nitrogens with one attached hydrogen (secondary N) is 1. The van der Waals surface area contributed by atoms with Crippen LogP contribution in [0.3, 0.4) is 0 Å². The van der Waals surface area contributed by atoms with Gasteiger partial charge in [-0.05, 0) is 36.9 Å². The van der Waals surface area contributed by atoms with E-state index in [0.29, 0.717) is 18.0 Å². The topological polar surface area (TPSA) is 55.1 Å². The van der Waals surface area contributed by atoms with E-state index in [1.807, 2.05) is 0 Å². The normalized spacial score (nSPS) is 10.3. The van der Waals surface area contributed by atoms with Gasteiger partial charge in [0.05, 0.1) is 10.8 Å². The zero-order valence-corrected chi connectivity index (χ0v) is 10.8. The van der Waals surface area contributed by atoms with Gasteiger partial charge in [-0.3, -0.25) is 4.79 Å². The Morgan fingerprint density at radius 1 is 1.53 bits per heavy atom. The minimum Gasteiger partial charge on any atom is -0.330 e. The van der Waals surface area contributed by atoms with Crippen molar-refractivity contribution in [1.29, 1.82) is 0 Å². The number of carbonyl (C=O) groups excluding carboxylic acids is 1. The number of hydrogen-bond acceptors (Lipinski definition) is 3. The Bertz CT molecular complexity index is 390. The van der Waals surface area contributed by atoms with Crippen LogP contribution in [0.15, 0.2) is 18.2 Å². The Hall–Kier alpha value is -0.780. The van der Waals surface area contributed by atoms with Gasteiger partial charge in [0.1, 0.15) is 5.82 Å². The van der Waals surface area contributed by atoms with Crippen molar-refractivity contribution in [2.75, 3.05) is 23.4 Å². The highest BCUT2D eigenvalue weighted by molar-refractivity contribution is 7.99. The fourth-order valence-corrected chi connectivity index (χ4v) is 2.07. The van der Waals surface area contributed by atoms with Gasteiger partial charge in [-0.15, -0.1) is 0 Å². The van der Waals surface area contributed by atoms with E-state index in [4.69, 9.17) is 17.3 Å². The van der Waals surface area contributed by atoms with Crippen molar-refractivity contribution < 1.29 is 9.18 Å². The summed E-state index contributed by atoms with van der Waals surface area (Å²) in [7, 11) is 0. The summed E-state index contributed by atoms with van der Waals surface area (Å²) >= 11 is 7.11. The lowest BCUT2D eigenvalue weighted by atomic mass is 10.3. The van der Waals surface area contributed by atoms with Gasteiger partial charge in [-0.1, -0.05) is 11.6 Å². The maximum absolute atomic E-state index is 12.9. The van der Waals surface area contributed by atoms with E-state index >= 15 is 0 Å². The molecule has 3 N–H and O–H groups in total. The van der Waals surface area contributed by atoms with Crippen LogP contribution in [0.4, 0.5) is 10.1 Å². The zero-order chi connectivity index (χ0) is 12.7. The Kier molecular flexibility index (Phi) is 6.32. The van der Waals surface area contributed by atoms with Crippen LogP contribution in [-0.2, 0) is 4.79 Å². The molecule has 0 aromatic heterocycles. The molecule has 1 aromatic rings. The standard InChI is InChI=1S/C11H14ClFN2OS/c12-9-6-8(2-3-10(9)13)15-11(16)7-17-5-1-4-14/h2-3,6H,1,4-5,7,14H2,(H,15,16). The van der Waals surface area contributed by atoms with Crippen molar-refractivity contribution in [3.8, 4) is 0 Å². The Morgan fingerprint density at radius 3 is 2.94 bits per heavy atom. The first kappa shape index (κ1) is 14.3. The number of hydrogen-bond donors (Lipinski definition) is 2. The number of rotatable bonds is 6. The molecule has 0 unspecified atom stereocenters. The number of anilines is 1. The van der Waals surface area contributed by atoms with Crippen molar-refractivity contribution in [2.24, 2.45) is 5.73 Å². The van der Waals surface area contributed by atoms with Crippen molar-refractivity contribution >= 4 is 35.0 Å². The number of amides is 1. The molecule has 0 atom stereocenters. The van der Waals surface area contributed by atoms with Crippen LogP contribution in [0.25, 0.3) is 0 Å². The smallest absolute Gasteiger partial charge is 0.234 e. The quantitative estimate of drug-likeness (QED) is 0.785. The molecule has 17 heavy (non-hydrogen) atoms. The van der Waals surface area contributed by atoms with Crippen molar-refractivity contribution in [3.05, 3.63) is 29.0 Å². The molecule has 0 saturated heterocycles. The fourth-order valence-electron chi connectivity index (χ4n) is 1.12. The van der Waals surface area contributed by atoms with Crippen LogP contribution in [0.1, 0.15) is 6.42 Å². The predicted molar refractivity (Wildman–Crippen MR) is 71.0 cm³/mol. The molecule has 1 aromatic carbocycles. The van der Waals surface area contributed by atoms with Gasteiger partial charge in [-0.25, -0.2) is 4.39 Å². The van der Waals surface area contributed by atoms with Crippen LogP contribution in [0.2, 0.25) is 5.02 Å². The molecular weight excluding hydrogens is 263 g/mol. The maximum atomic E-state index is 12.9. The van der Waals surface area contributed by atoms with Gasteiger partial charge in [0.2, 0.25) is 5.91 Å². The molecule has 0 heterocycles. The van der Waals surface area contributed by atoms with Gasteiger partial charge < -0.3 is 11.1 Å². The Balaban J connectivity index is 2.37. The van der Waals surface area contributed by atoms with E-state index in [0.717, 1.165) is 12.2 Å². The number of halogens is 2. The number of benzene rings is 1. The highest BCUT2D eigenvalue weighted by Crippen LogP contribution is 2.19. The zero-order valence-electron chi connectivity index (χ0n) is 9.21. The number of thioether (sulfide) groups is 1. The molecule has 0 bridgehead atoms. The first-order valence-electron chi connectivity index (χ1n) is 5.16. The van der Waals surface area contributed by atoms with Crippen LogP contribution < -0.4 is 11.1 Å². The summed E-state index contributed by atoms with van der Waals surface area (Å²) in [4.78, 5) is 11.5. The maximum Gasteiger partial charge on any atom is 0.234 e. The number of carbonyl (C=O) groups is 1. The third-order valence-corrected chi connectivity index (χ3v) is 3.26. The molecule has 0 aliphatic heterocycles. The molecule has 0 spiro atoms. The van der Waals surface area contributed by atoms with Crippen molar-refractivity contribution in [1.82, 2.24) is 0 Å². The third-order valence-electron chi connectivity index (χ3n) is 1.93. The van der Waals surface area contributed by atoms with Crippen LogP contribution in [-0.4, -0.2) is 24.0 Å². The summed E-state index contributed by atoms with van der Waals surface area (Å²) in [5.74, 6) is 0.583. The Labute approximate surface area is 109 Å². The van der Waals surface area contributed by atoms with E-state index in [1.54, 1.807) is 0 Å². The SMILES string of the molecule is NCCCSCC(=O)Nc1ccc(F)c(Cl)c1. The van der Waals surface area contributed by atoms with Gasteiger partial charge >= 0.3 is 0 Å². The molecule has 0 radical (unpaired) electrons. The fraction of sp³-hybridized carbons (Fsp3) is 0.364. The second-order valence-electron chi connectivity index (χ2n) is 3.37. The van der Waals surface area contributed by atoms with E-state index < -0.39 is 5.82 Å². The van der Waals surface area contributed by atoms with Crippen molar-refractivity contribution in [3.63, 3.8) is 0 Å². The summed E-state index contributed by atoms with van der Waals surface area (Å²) in [6.07, 6.45) is 0.889. The molecule has 94 valence electrons. The molecule has 0 saturated carbocycles. The highest BCUT2D eigenvalue weighted by Gasteiger charge is 2.05. The van der Waals surface area contributed by atoms with Crippen LogP contribution in [0, 0.1) is 5.82 Å². The molecule has 6 heteroatoms. The van der Waals surface area contributed by atoms with E-state index in [9.17, 15) is 9.18 Å². The van der Waals surface area contributed by atoms with Gasteiger partial charge in [0.25, 0.3) is 0 Å².